The van der Waals surface area contributed by atoms with Crippen molar-refractivity contribution in [3.05, 3.63) is 41.7 Å². The second-order valence-electron chi connectivity index (χ2n) is 9.47. The van der Waals surface area contributed by atoms with Gasteiger partial charge in [0.15, 0.2) is 5.11 Å². The number of morpholine rings is 1. The highest BCUT2D eigenvalue weighted by molar-refractivity contribution is 7.80. The van der Waals surface area contributed by atoms with Crippen LogP contribution in [0.15, 0.2) is 30.3 Å². The number of thiocarbonyl (C=S) groups is 1. The van der Waals surface area contributed by atoms with Gasteiger partial charge >= 0.3 is 0 Å². The third-order valence-corrected chi connectivity index (χ3v) is 6.54. The van der Waals surface area contributed by atoms with Crippen LogP contribution in [0.2, 0.25) is 0 Å². The number of benzene rings is 1. The van der Waals surface area contributed by atoms with Crippen LogP contribution in [0.25, 0.3) is 0 Å². The van der Waals surface area contributed by atoms with Crippen molar-refractivity contribution < 1.29 is 9.13 Å². The molecule has 7 nitrogen and oxygen atoms in total. The summed E-state index contributed by atoms with van der Waals surface area (Å²) in [5, 5.41) is 6.94. The summed E-state index contributed by atoms with van der Waals surface area (Å²) in [4.78, 5) is 14.2. The summed E-state index contributed by atoms with van der Waals surface area (Å²) in [7, 11) is 0. The predicted molar refractivity (Wildman–Crippen MR) is 139 cm³/mol. The minimum Gasteiger partial charge on any atom is -0.378 e. The molecule has 4 rings (SSSR count). The first-order valence-electron chi connectivity index (χ1n) is 12.2. The van der Waals surface area contributed by atoms with E-state index in [9.17, 15) is 4.39 Å². The van der Waals surface area contributed by atoms with Crippen molar-refractivity contribution in [1.29, 1.82) is 0 Å². The van der Waals surface area contributed by atoms with Crippen LogP contribution in [-0.4, -0.2) is 61.0 Å². The summed E-state index contributed by atoms with van der Waals surface area (Å²) in [5.41, 5.74) is 1.11. The summed E-state index contributed by atoms with van der Waals surface area (Å²) in [6.45, 7) is 10.3. The maximum Gasteiger partial charge on any atom is 0.232 e. The van der Waals surface area contributed by atoms with E-state index in [0.29, 0.717) is 42.7 Å². The number of anilines is 3. The Morgan fingerprint density at radius 1 is 1.06 bits per heavy atom. The van der Waals surface area contributed by atoms with Crippen LogP contribution >= 0.6 is 12.2 Å². The van der Waals surface area contributed by atoms with Crippen molar-refractivity contribution in [2.45, 2.75) is 33.1 Å². The first-order valence-corrected chi connectivity index (χ1v) is 12.6. The monoisotopic (exact) mass is 486 g/mol. The first-order chi connectivity index (χ1) is 16.5. The largest absolute Gasteiger partial charge is 0.378 e. The first kappa shape index (κ1) is 24.6. The molecule has 0 amide bonds. The number of rotatable bonds is 7. The third kappa shape index (κ3) is 6.99. The minimum atomic E-state index is -0.209. The number of halogens is 1. The third-order valence-electron chi connectivity index (χ3n) is 6.29. The van der Waals surface area contributed by atoms with Gasteiger partial charge < -0.3 is 25.2 Å². The van der Waals surface area contributed by atoms with Crippen LogP contribution in [0.5, 0.6) is 0 Å². The number of hydrogen-bond acceptors (Lipinski definition) is 6. The Hall–Kier alpha value is -2.52. The summed E-state index contributed by atoms with van der Waals surface area (Å²) >= 11 is 5.52. The van der Waals surface area contributed by atoms with Gasteiger partial charge in [-0.05, 0) is 61.0 Å². The van der Waals surface area contributed by atoms with Gasteiger partial charge in [0.05, 0.1) is 13.2 Å². The molecule has 1 aromatic carbocycles. The molecule has 184 valence electrons. The molecule has 0 saturated carbocycles. The quantitative estimate of drug-likeness (QED) is 0.452. The maximum atomic E-state index is 13.1. The Balaban J connectivity index is 1.39. The molecule has 2 aliphatic heterocycles. The van der Waals surface area contributed by atoms with Gasteiger partial charge in [-0.1, -0.05) is 26.0 Å². The topological polar surface area (TPSA) is 65.6 Å². The number of nitrogens with one attached hydrogen (secondary N) is 2. The smallest absolute Gasteiger partial charge is 0.232 e. The normalized spacial score (nSPS) is 20.8. The minimum absolute atomic E-state index is 0.209. The zero-order valence-electron chi connectivity index (χ0n) is 20.1. The van der Waals surface area contributed by atoms with E-state index in [1.165, 1.54) is 18.6 Å². The Labute approximate surface area is 207 Å². The number of aryl methyl sites for hydroxylation is 1. The van der Waals surface area contributed by atoms with E-state index in [4.69, 9.17) is 26.9 Å². The van der Waals surface area contributed by atoms with E-state index >= 15 is 0 Å². The SMILES string of the molecule is CC1CC(C)CN(c2cc(N3CCOCC3)nc(NC(=S)NCCCc3ccc(F)cc3)n2)C1. The Bertz CT molecular complexity index is 943. The molecule has 1 aromatic heterocycles. The molecule has 2 saturated heterocycles. The van der Waals surface area contributed by atoms with E-state index < -0.39 is 0 Å². The van der Waals surface area contributed by atoms with Gasteiger partial charge in [0.25, 0.3) is 0 Å². The molecule has 34 heavy (non-hydrogen) atoms. The van der Waals surface area contributed by atoms with Crippen molar-refractivity contribution >= 4 is 34.9 Å². The molecule has 3 heterocycles. The standard InChI is InChI=1S/C25H35FN6OS/c1-18-14-19(2)17-32(16-18)23-15-22(31-10-12-33-13-11-31)28-24(29-23)30-25(34)27-9-3-4-20-5-7-21(26)8-6-20/h5-8,15,18-19H,3-4,9-14,16-17H2,1-2H3,(H2,27,28,29,30,34). The Morgan fingerprint density at radius 3 is 2.38 bits per heavy atom. The van der Waals surface area contributed by atoms with E-state index in [1.54, 1.807) is 0 Å². The van der Waals surface area contributed by atoms with Crippen LogP contribution in [0.1, 0.15) is 32.3 Å². The summed E-state index contributed by atoms with van der Waals surface area (Å²) in [6, 6.07) is 8.73. The van der Waals surface area contributed by atoms with Gasteiger partial charge in [0.1, 0.15) is 17.5 Å². The van der Waals surface area contributed by atoms with Crippen LogP contribution < -0.4 is 20.4 Å². The van der Waals surface area contributed by atoms with Crippen molar-refractivity contribution in [1.82, 2.24) is 15.3 Å². The predicted octanol–water partition coefficient (Wildman–Crippen LogP) is 3.85. The van der Waals surface area contributed by atoms with Gasteiger partial charge in [-0.15, -0.1) is 0 Å². The average Bonchev–Trinajstić information content (AvgIpc) is 2.83. The molecule has 2 N–H and O–H groups in total. The summed E-state index contributed by atoms with van der Waals surface area (Å²) < 4.78 is 18.6. The number of piperidine rings is 1. The van der Waals surface area contributed by atoms with E-state index in [0.717, 1.165) is 56.2 Å². The Morgan fingerprint density at radius 2 is 1.71 bits per heavy atom. The lowest BCUT2D eigenvalue weighted by Crippen LogP contribution is -2.40. The lowest BCUT2D eigenvalue weighted by molar-refractivity contribution is 0.122. The zero-order chi connectivity index (χ0) is 23.9. The van der Waals surface area contributed by atoms with Gasteiger partial charge in [-0.25, -0.2) is 4.39 Å². The highest BCUT2D eigenvalue weighted by Crippen LogP contribution is 2.28. The van der Waals surface area contributed by atoms with E-state index in [1.807, 2.05) is 12.1 Å². The van der Waals surface area contributed by atoms with Crippen molar-refractivity contribution in [2.75, 3.05) is 61.1 Å². The molecule has 2 unspecified atom stereocenters. The van der Waals surface area contributed by atoms with Gasteiger partial charge in [-0.2, -0.15) is 9.97 Å². The number of ether oxygens (including phenoxy) is 1. The van der Waals surface area contributed by atoms with Crippen molar-refractivity contribution in [3.63, 3.8) is 0 Å². The number of aromatic nitrogens is 2. The van der Waals surface area contributed by atoms with Crippen molar-refractivity contribution in [3.8, 4) is 0 Å². The molecular weight excluding hydrogens is 451 g/mol. The lowest BCUT2D eigenvalue weighted by Gasteiger charge is -2.36. The molecule has 0 radical (unpaired) electrons. The molecule has 0 aliphatic carbocycles. The fourth-order valence-electron chi connectivity index (χ4n) is 4.74. The molecule has 2 aliphatic rings. The van der Waals surface area contributed by atoms with Crippen LogP contribution in [0.3, 0.4) is 0 Å². The molecule has 2 atom stereocenters. The molecular formula is C25H35FN6OS. The van der Waals surface area contributed by atoms with E-state index in [-0.39, 0.29) is 5.82 Å². The lowest BCUT2D eigenvalue weighted by atomic mass is 9.92. The molecule has 2 aromatic rings. The fourth-order valence-corrected chi connectivity index (χ4v) is 4.93. The van der Waals surface area contributed by atoms with E-state index in [2.05, 4.69) is 40.3 Å². The van der Waals surface area contributed by atoms with Gasteiger partial charge in [0, 0.05) is 38.8 Å². The molecule has 0 bridgehead atoms. The Kier molecular flexibility index (Phi) is 8.50. The van der Waals surface area contributed by atoms with Gasteiger partial charge in [-0.3, -0.25) is 0 Å². The zero-order valence-corrected chi connectivity index (χ0v) is 20.9. The summed E-state index contributed by atoms with van der Waals surface area (Å²) in [6.07, 6.45) is 2.99. The summed E-state index contributed by atoms with van der Waals surface area (Å²) in [5.74, 6) is 3.41. The highest BCUT2D eigenvalue weighted by atomic mass is 32.1. The number of hydrogen-bond donors (Lipinski definition) is 2. The molecule has 0 spiro atoms. The maximum absolute atomic E-state index is 13.1. The number of nitrogens with zero attached hydrogens (tertiary/aromatic N) is 4. The second kappa shape index (κ2) is 11.8. The second-order valence-corrected chi connectivity index (χ2v) is 9.88. The van der Waals surface area contributed by atoms with Gasteiger partial charge in [0.2, 0.25) is 5.95 Å². The van der Waals surface area contributed by atoms with Crippen molar-refractivity contribution in [2.24, 2.45) is 11.8 Å². The molecule has 2 fully saturated rings. The van der Waals surface area contributed by atoms with Crippen LogP contribution in [0, 0.1) is 17.7 Å². The highest BCUT2D eigenvalue weighted by Gasteiger charge is 2.25. The van der Waals surface area contributed by atoms with Crippen LogP contribution in [0.4, 0.5) is 22.0 Å². The average molecular weight is 487 g/mol. The fraction of sp³-hybridized carbons (Fsp3) is 0.560. The van der Waals surface area contributed by atoms with Crippen LogP contribution in [-0.2, 0) is 11.2 Å². The molecule has 9 heteroatoms.